The van der Waals surface area contributed by atoms with Crippen LogP contribution in [0.3, 0.4) is 0 Å². The Bertz CT molecular complexity index is 631. The van der Waals surface area contributed by atoms with Crippen LogP contribution in [0.1, 0.15) is 36.0 Å². The van der Waals surface area contributed by atoms with Gasteiger partial charge in [0.25, 0.3) is 5.91 Å². The molecule has 2 fully saturated rings. The van der Waals surface area contributed by atoms with Crippen molar-refractivity contribution in [1.29, 1.82) is 0 Å². The summed E-state index contributed by atoms with van der Waals surface area (Å²) >= 11 is 0. The molecular weight excluding hydrogens is 403 g/mol. The Balaban J connectivity index is 0.00000196. The monoisotopic (exact) mass is 432 g/mol. The van der Waals surface area contributed by atoms with Gasteiger partial charge in [-0.3, -0.25) is 14.5 Å². The van der Waals surface area contributed by atoms with Crippen molar-refractivity contribution in [3.63, 3.8) is 0 Å². The zero-order valence-corrected chi connectivity index (χ0v) is 17.6. The lowest BCUT2D eigenvalue weighted by Crippen LogP contribution is -2.48. The van der Waals surface area contributed by atoms with Gasteiger partial charge in [0, 0.05) is 37.4 Å². The summed E-state index contributed by atoms with van der Waals surface area (Å²) in [6.07, 6.45) is 3.44. The number of ether oxygens (including phenoxy) is 1. The maximum atomic E-state index is 12.3. The largest absolute Gasteiger partial charge is 0.379 e. The maximum absolute atomic E-state index is 12.3. The number of nitrogens with two attached hydrogens (primary N) is 1. The lowest BCUT2D eigenvalue weighted by Gasteiger charge is -2.26. The van der Waals surface area contributed by atoms with E-state index in [2.05, 4.69) is 15.5 Å². The Morgan fingerprint density at radius 1 is 1.07 bits per heavy atom. The first-order valence-electron chi connectivity index (χ1n) is 9.35. The van der Waals surface area contributed by atoms with Gasteiger partial charge in [-0.1, -0.05) is 12.8 Å². The Hall–Kier alpha value is -1.38. The number of nitrogens with one attached hydrogen (secondary N) is 2. The second kappa shape index (κ2) is 11.6. The molecule has 0 bridgehead atoms. The normalized spacial score (nSPS) is 18.5. The highest BCUT2D eigenvalue weighted by Crippen LogP contribution is 2.28. The topological polar surface area (TPSA) is 96.7 Å². The van der Waals surface area contributed by atoms with E-state index in [0.29, 0.717) is 17.8 Å². The van der Waals surface area contributed by atoms with E-state index < -0.39 is 5.54 Å². The first-order chi connectivity index (χ1) is 12.6. The number of nitrogens with zero attached hydrogens (tertiary/aromatic N) is 1. The van der Waals surface area contributed by atoms with Crippen molar-refractivity contribution in [3.05, 3.63) is 29.8 Å². The molecule has 1 aliphatic carbocycles. The molecule has 2 aliphatic rings. The molecule has 1 saturated heterocycles. The average Bonchev–Trinajstić information content (AvgIpc) is 3.11. The Morgan fingerprint density at radius 2 is 1.68 bits per heavy atom. The quantitative estimate of drug-likeness (QED) is 0.636. The molecular formula is C19H30Cl2N4O3. The minimum absolute atomic E-state index is 0. The number of carbonyl (C=O) groups excluding carboxylic acids is 2. The molecule has 4 N–H and O–H groups in total. The predicted octanol–water partition coefficient (Wildman–Crippen LogP) is 1.80. The summed E-state index contributed by atoms with van der Waals surface area (Å²) in [7, 11) is 0. The SMILES string of the molecule is Cl.Cl.NC1(C(=O)Nc2ccc(C(=O)NCCN3CCOCC3)cc2)CCCC1. The highest BCUT2D eigenvalue weighted by atomic mass is 35.5. The molecule has 3 rings (SSSR count). The van der Waals surface area contributed by atoms with Crippen LogP contribution in [0, 0.1) is 0 Å². The van der Waals surface area contributed by atoms with Crippen LogP contribution in [0.25, 0.3) is 0 Å². The van der Waals surface area contributed by atoms with Crippen molar-refractivity contribution in [2.24, 2.45) is 5.73 Å². The third-order valence-electron chi connectivity index (χ3n) is 5.17. The van der Waals surface area contributed by atoms with Gasteiger partial charge < -0.3 is 21.1 Å². The van der Waals surface area contributed by atoms with Gasteiger partial charge in [0.2, 0.25) is 5.91 Å². The van der Waals surface area contributed by atoms with Gasteiger partial charge in [0.1, 0.15) is 0 Å². The molecule has 1 heterocycles. The number of rotatable bonds is 6. The van der Waals surface area contributed by atoms with Crippen LogP contribution in [-0.4, -0.2) is 61.6 Å². The smallest absolute Gasteiger partial charge is 0.251 e. The number of morpholine rings is 1. The van der Waals surface area contributed by atoms with Gasteiger partial charge >= 0.3 is 0 Å². The summed E-state index contributed by atoms with van der Waals surface area (Å²) in [6.45, 7) is 4.76. The summed E-state index contributed by atoms with van der Waals surface area (Å²) in [5.74, 6) is -0.250. The van der Waals surface area contributed by atoms with E-state index in [0.717, 1.165) is 58.5 Å². The summed E-state index contributed by atoms with van der Waals surface area (Å²) < 4.78 is 5.31. The third kappa shape index (κ3) is 6.60. The van der Waals surface area contributed by atoms with Crippen molar-refractivity contribution in [3.8, 4) is 0 Å². The fourth-order valence-electron chi connectivity index (χ4n) is 3.45. The highest BCUT2D eigenvalue weighted by molar-refractivity contribution is 5.99. The fraction of sp³-hybridized carbons (Fsp3) is 0.579. The summed E-state index contributed by atoms with van der Waals surface area (Å²) in [5.41, 5.74) is 6.64. The van der Waals surface area contributed by atoms with E-state index in [9.17, 15) is 9.59 Å². The van der Waals surface area contributed by atoms with Gasteiger partial charge in [-0.25, -0.2) is 0 Å². The molecule has 9 heteroatoms. The lowest BCUT2D eigenvalue weighted by atomic mass is 9.98. The van der Waals surface area contributed by atoms with E-state index in [1.165, 1.54) is 0 Å². The van der Waals surface area contributed by atoms with Crippen LogP contribution in [-0.2, 0) is 9.53 Å². The van der Waals surface area contributed by atoms with Crippen LogP contribution < -0.4 is 16.4 Å². The zero-order chi connectivity index (χ0) is 18.4. The Morgan fingerprint density at radius 3 is 2.29 bits per heavy atom. The maximum Gasteiger partial charge on any atom is 0.251 e. The van der Waals surface area contributed by atoms with E-state index in [1.54, 1.807) is 24.3 Å². The van der Waals surface area contributed by atoms with Crippen molar-refractivity contribution in [2.45, 2.75) is 31.2 Å². The van der Waals surface area contributed by atoms with Gasteiger partial charge in [-0.15, -0.1) is 24.8 Å². The number of hydrogen-bond donors (Lipinski definition) is 3. The van der Waals surface area contributed by atoms with Crippen molar-refractivity contribution in [1.82, 2.24) is 10.2 Å². The fourth-order valence-corrected chi connectivity index (χ4v) is 3.45. The number of carbonyl (C=O) groups is 2. The first-order valence-corrected chi connectivity index (χ1v) is 9.35. The molecule has 28 heavy (non-hydrogen) atoms. The summed E-state index contributed by atoms with van der Waals surface area (Å²) in [5, 5.41) is 5.79. The lowest BCUT2D eigenvalue weighted by molar-refractivity contribution is -0.121. The predicted molar refractivity (Wildman–Crippen MR) is 115 cm³/mol. The van der Waals surface area contributed by atoms with Crippen LogP contribution >= 0.6 is 24.8 Å². The molecule has 0 radical (unpaired) electrons. The van der Waals surface area contributed by atoms with E-state index in [-0.39, 0.29) is 36.6 Å². The minimum atomic E-state index is -0.754. The Kier molecular flexibility index (Phi) is 10.2. The van der Waals surface area contributed by atoms with Crippen LogP contribution in [0.15, 0.2) is 24.3 Å². The van der Waals surface area contributed by atoms with Crippen molar-refractivity contribution >= 4 is 42.3 Å². The molecule has 1 aromatic rings. The second-order valence-corrected chi connectivity index (χ2v) is 7.10. The summed E-state index contributed by atoms with van der Waals surface area (Å²) in [4.78, 5) is 26.8. The molecule has 1 saturated carbocycles. The minimum Gasteiger partial charge on any atom is -0.379 e. The summed E-state index contributed by atoms with van der Waals surface area (Å²) in [6, 6.07) is 6.93. The molecule has 1 aliphatic heterocycles. The second-order valence-electron chi connectivity index (χ2n) is 7.10. The number of anilines is 1. The van der Waals surface area contributed by atoms with E-state index >= 15 is 0 Å². The number of amides is 2. The highest BCUT2D eigenvalue weighted by Gasteiger charge is 2.36. The van der Waals surface area contributed by atoms with Gasteiger partial charge in [-0.05, 0) is 37.1 Å². The zero-order valence-electron chi connectivity index (χ0n) is 15.9. The van der Waals surface area contributed by atoms with Crippen molar-refractivity contribution < 1.29 is 14.3 Å². The number of benzene rings is 1. The van der Waals surface area contributed by atoms with Gasteiger partial charge in [0.15, 0.2) is 0 Å². The van der Waals surface area contributed by atoms with Crippen LogP contribution in [0.2, 0.25) is 0 Å². The molecule has 0 aromatic heterocycles. The number of halogens is 2. The molecule has 158 valence electrons. The van der Waals surface area contributed by atoms with Gasteiger partial charge in [0.05, 0.1) is 18.8 Å². The van der Waals surface area contributed by atoms with Crippen molar-refractivity contribution in [2.75, 3.05) is 44.7 Å². The van der Waals surface area contributed by atoms with Crippen LogP contribution in [0.5, 0.6) is 0 Å². The number of hydrogen-bond acceptors (Lipinski definition) is 5. The third-order valence-corrected chi connectivity index (χ3v) is 5.17. The molecule has 0 unspecified atom stereocenters. The molecule has 7 nitrogen and oxygen atoms in total. The molecule has 2 amide bonds. The van der Waals surface area contributed by atoms with E-state index in [4.69, 9.17) is 10.5 Å². The molecule has 0 spiro atoms. The standard InChI is InChI=1S/C19H28N4O3.2ClH/c20-19(7-1-2-8-19)18(25)22-16-5-3-15(4-6-16)17(24)21-9-10-23-11-13-26-14-12-23;;/h3-6H,1-2,7-14,20H2,(H,21,24)(H,22,25);2*1H. The first kappa shape index (κ1) is 24.7. The van der Waals surface area contributed by atoms with Gasteiger partial charge in [-0.2, -0.15) is 0 Å². The molecule has 0 atom stereocenters. The van der Waals surface area contributed by atoms with Crippen LogP contribution in [0.4, 0.5) is 5.69 Å². The average molecular weight is 433 g/mol. The van der Waals surface area contributed by atoms with E-state index in [1.807, 2.05) is 0 Å². The Labute approximate surface area is 178 Å². The molecule has 1 aromatic carbocycles.